The van der Waals surface area contributed by atoms with E-state index in [1.807, 2.05) is 52.0 Å². The van der Waals surface area contributed by atoms with Crippen LogP contribution in [0.25, 0.3) is 6.08 Å². The molecule has 196 valence electrons. The van der Waals surface area contributed by atoms with Crippen LogP contribution >= 0.6 is 0 Å². The zero-order chi connectivity index (χ0) is 27.2. The molecule has 0 radical (unpaired) electrons. The number of aryl methyl sites for hydroxylation is 3. The molecule has 1 N–H and O–H groups in total. The largest absolute Gasteiger partial charge is 0.490 e. The van der Waals surface area contributed by atoms with Gasteiger partial charge in [-0.3, -0.25) is 14.9 Å². The number of carbonyl (C=O) groups excluding carboxylic acids is 3. The van der Waals surface area contributed by atoms with E-state index < -0.39 is 17.8 Å². The summed E-state index contributed by atoms with van der Waals surface area (Å²) in [5.74, 6) is 0.283. The average molecular weight is 515 g/mol. The molecule has 8 nitrogen and oxygen atoms in total. The first kappa shape index (κ1) is 26.5. The second-order valence-corrected chi connectivity index (χ2v) is 8.88. The van der Waals surface area contributed by atoms with Crippen LogP contribution in [0, 0.1) is 20.8 Å². The van der Waals surface area contributed by atoms with Crippen molar-refractivity contribution in [3.05, 3.63) is 88.5 Å². The molecular formula is C30H30N2O6. The Morgan fingerprint density at radius 2 is 1.61 bits per heavy atom. The fourth-order valence-electron chi connectivity index (χ4n) is 3.94. The van der Waals surface area contributed by atoms with Crippen molar-refractivity contribution in [2.75, 3.05) is 24.7 Å². The Kier molecular flexibility index (Phi) is 8.11. The van der Waals surface area contributed by atoms with Gasteiger partial charge in [0.2, 0.25) is 0 Å². The summed E-state index contributed by atoms with van der Waals surface area (Å²) in [6, 6.07) is 17.2. The number of benzene rings is 3. The molecule has 1 heterocycles. The highest BCUT2D eigenvalue weighted by Crippen LogP contribution is 2.30. The second kappa shape index (κ2) is 11.6. The molecule has 0 aromatic heterocycles. The summed E-state index contributed by atoms with van der Waals surface area (Å²) in [4.78, 5) is 39.1. The monoisotopic (exact) mass is 514 g/mol. The van der Waals surface area contributed by atoms with Crippen molar-refractivity contribution in [2.45, 2.75) is 27.7 Å². The van der Waals surface area contributed by atoms with E-state index in [2.05, 4.69) is 5.32 Å². The van der Waals surface area contributed by atoms with Gasteiger partial charge in [-0.05, 0) is 92.4 Å². The van der Waals surface area contributed by atoms with Crippen LogP contribution in [0.4, 0.5) is 10.5 Å². The standard InChI is InChI=1S/C30H30N2O6/c1-5-36-27-18-22(10-12-26(27)38-14-13-37-24-11-9-20(3)21(4)16-24)17-25-28(33)31-30(35)32(29(25)34)23-8-6-7-19(2)15-23/h6-12,15-18H,5,13-14H2,1-4H3,(H,31,33,35)/b25-17+. The number of hydrogen-bond acceptors (Lipinski definition) is 6. The highest BCUT2D eigenvalue weighted by molar-refractivity contribution is 6.39. The lowest BCUT2D eigenvalue weighted by Gasteiger charge is -2.26. The van der Waals surface area contributed by atoms with Gasteiger partial charge in [0.15, 0.2) is 11.5 Å². The van der Waals surface area contributed by atoms with Gasteiger partial charge >= 0.3 is 6.03 Å². The number of barbiturate groups is 1. The number of amides is 4. The second-order valence-electron chi connectivity index (χ2n) is 8.88. The van der Waals surface area contributed by atoms with Crippen LogP contribution in [0.5, 0.6) is 17.2 Å². The molecule has 1 aliphatic heterocycles. The van der Waals surface area contributed by atoms with Crippen molar-refractivity contribution in [1.29, 1.82) is 0 Å². The summed E-state index contributed by atoms with van der Waals surface area (Å²) in [5, 5.41) is 2.24. The van der Waals surface area contributed by atoms with Crippen LogP contribution in [0.1, 0.15) is 29.2 Å². The smallest absolute Gasteiger partial charge is 0.335 e. The maximum Gasteiger partial charge on any atom is 0.335 e. The van der Waals surface area contributed by atoms with E-state index in [0.717, 1.165) is 21.8 Å². The van der Waals surface area contributed by atoms with E-state index >= 15 is 0 Å². The number of urea groups is 1. The fourth-order valence-corrected chi connectivity index (χ4v) is 3.94. The van der Waals surface area contributed by atoms with Gasteiger partial charge in [0, 0.05) is 0 Å². The number of rotatable bonds is 9. The Morgan fingerprint density at radius 1 is 0.816 bits per heavy atom. The lowest BCUT2D eigenvalue weighted by Crippen LogP contribution is -2.54. The van der Waals surface area contributed by atoms with Crippen molar-refractivity contribution in [1.82, 2.24) is 5.32 Å². The Labute approximate surface area is 221 Å². The molecule has 38 heavy (non-hydrogen) atoms. The van der Waals surface area contributed by atoms with Crippen molar-refractivity contribution in [3.63, 3.8) is 0 Å². The summed E-state index contributed by atoms with van der Waals surface area (Å²) >= 11 is 0. The molecule has 3 aromatic rings. The molecular weight excluding hydrogens is 484 g/mol. The number of carbonyl (C=O) groups is 3. The highest BCUT2D eigenvalue weighted by atomic mass is 16.5. The van der Waals surface area contributed by atoms with E-state index in [4.69, 9.17) is 14.2 Å². The zero-order valence-corrected chi connectivity index (χ0v) is 21.9. The molecule has 0 unspecified atom stereocenters. The Hall–Kier alpha value is -4.59. The molecule has 0 bridgehead atoms. The van der Waals surface area contributed by atoms with E-state index in [1.165, 1.54) is 11.6 Å². The molecule has 0 atom stereocenters. The highest BCUT2D eigenvalue weighted by Gasteiger charge is 2.36. The molecule has 1 fully saturated rings. The van der Waals surface area contributed by atoms with Crippen LogP contribution in [-0.2, 0) is 9.59 Å². The number of hydrogen-bond donors (Lipinski definition) is 1. The number of anilines is 1. The third-order valence-electron chi connectivity index (χ3n) is 6.03. The summed E-state index contributed by atoms with van der Waals surface area (Å²) in [5.41, 5.74) is 4.00. The summed E-state index contributed by atoms with van der Waals surface area (Å²) in [7, 11) is 0. The van der Waals surface area contributed by atoms with Crippen LogP contribution in [0.3, 0.4) is 0 Å². The van der Waals surface area contributed by atoms with Gasteiger partial charge in [0.05, 0.1) is 12.3 Å². The molecule has 1 aliphatic rings. The van der Waals surface area contributed by atoms with Crippen molar-refractivity contribution < 1.29 is 28.6 Å². The van der Waals surface area contributed by atoms with Crippen LogP contribution in [0.2, 0.25) is 0 Å². The fraction of sp³-hybridized carbons (Fsp3) is 0.233. The number of ether oxygens (including phenoxy) is 3. The third kappa shape index (κ3) is 6.03. The number of nitrogens with zero attached hydrogens (tertiary/aromatic N) is 1. The first-order valence-electron chi connectivity index (χ1n) is 12.3. The first-order chi connectivity index (χ1) is 18.3. The molecule has 0 saturated carbocycles. The van der Waals surface area contributed by atoms with Gasteiger partial charge in [0.1, 0.15) is 24.5 Å². The molecule has 0 spiro atoms. The lowest BCUT2D eigenvalue weighted by molar-refractivity contribution is -0.122. The minimum Gasteiger partial charge on any atom is -0.490 e. The van der Waals surface area contributed by atoms with Crippen molar-refractivity contribution >= 4 is 29.6 Å². The maximum atomic E-state index is 13.2. The van der Waals surface area contributed by atoms with E-state index in [-0.39, 0.29) is 5.57 Å². The Bertz CT molecular complexity index is 1410. The SMILES string of the molecule is CCOc1cc(/C=C2\C(=O)NC(=O)N(c3cccc(C)c3)C2=O)ccc1OCCOc1ccc(C)c(C)c1. The van der Waals surface area contributed by atoms with Gasteiger partial charge in [-0.15, -0.1) is 0 Å². The maximum absolute atomic E-state index is 13.2. The quantitative estimate of drug-likeness (QED) is 0.242. The predicted octanol–water partition coefficient (Wildman–Crippen LogP) is 5.13. The summed E-state index contributed by atoms with van der Waals surface area (Å²) < 4.78 is 17.4. The Morgan fingerprint density at radius 3 is 2.34 bits per heavy atom. The molecule has 4 rings (SSSR count). The number of nitrogens with one attached hydrogen (secondary N) is 1. The van der Waals surface area contributed by atoms with Crippen LogP contribution in [-0.4, -0.2) is 37.7 Å². The van der Waals surface area contributed by atoms with Gasteiger partial charge in [-0.25, -0.2) is 9.69 Å². The van der Waals surface area contributed by atoms with Gasteiger partial charge < -0.3 is 14.2 Å². The van der Waals surface area contributed by atoms with Gasteiger partial charge in [-0.2, -0.15) is 0 Å². The van der Waals surface area contributed by atoms with E-state index in [1.54, 1.807) is 36.4 Å². The molecule has 3 aromatic carbocycles. The summed E-state index contributed by atoms with van der Waals surface area (Å²) in [6.07, 6.45) is 1.43. The van der Waals surface area contributed by atoms with Crippen LogP contribution < -0.4 is 24.4 Å². The van der Waals surface area contributed by atoms with Crippen molar-refractivity contribution in [3.8, 4) is 17.2 Å². The average Bonchev–Trinajstić information content (AvgIpc) is 2.87. The van der Waals surface area contributed by atoms with Crippen LogP contribution in [0.15, 0.2) is 66.2 Å². The summed E-state index contributed by atoms with van der Waals surface area (Å²) in [6.45, 7) is 8.82. The molecule has 4 amide bonds. The minimum atomic E-state index is -0.787. The molecule has 8 heteroatoms. The topological polar surface area (TPSA) is 94.2 Å². The lowest BCUT2D eigenvalue weighted by atomic mass is 10.1. The normalized spacial score (nSPS) is 14.5. The number of imide groups is 2. The Balaban J connectivity index is 1.50. The van der Waals surface area contributed by atoms with E-state index in [9.17, 15) is 14.4 Å². The molecule has 1 saturated heterocycles. The molecule has 0 aliphatic carbocycles. The third-order valence-corrected chi connectivity index (χ3v) is 6.03. The minimum absolute atomic E-state index is 0.163. The van der Waals surface area contributed by atoms with E-state index in [0.29, 0.717) is 42.6 Å². The predicted molar refractivity (Wildman–Crippen MR) is 145 cm³/mol. The zero-order valence-electron chi connectivity index (χ0n) is 21.9. The first-order valence-corrected chi connectivity index (χ1v) is 12.3. The van der Waals surface area contributed by atoms with Crippen molar-refractivity contribution in [2.24, 2.45) is 0 Å². The van der Waals surface area contributed by atoms with Gasteiger partial charge in [0.25, 0.3) is 11.8 Å². The van der Waals surface area contributed by atoms with Gasteiger partial charge in [-0.1, -0.05) is 24.3 Å².